The Morgan fingerprint density at radius 2 is 0.822 bits per heavy atom. The van der Waals surface area contributed by atoms with Gasteiger partial charge < -0.3 is 21.9 Å². The van der Waals surface area contributed by atoms with Gasteiger partial charge in [0.15, 0.2) is 5.78 Å². The quantitative estimate of drug-likeness (QED) is 0.102. The summed E-state index contributed by atoms with van der Waals surface area (Å²) in [6.45, 7) is 8.81. The third-order valence-corrected chi connectivity index (χ3v) is 18.7. The van der Waals surface area contributed by atoms with E-state index in [1.54, 1.807) is 0 Å². The van der Waals surface area contributed by atoms with Crippen molar-refractivity contribution >= 4 is 127 Å². The molecule has 1 fully saturated rings. The molecule has 2 N–H and O–H groups in total. The molecule has 17 rings (SSSR count). The number of ether oxygens (including phenoxy) is 1. The third kappa shape index (κ3) is 13.3. The zero-order chi connectivity index (χ0) is 61.5. The number of hydrogen-bond acceptors (Lipinski definition) is 4. The van der Waals surface area contributed by atoms with Crippen LogP contribution in [0.4, 0.5) is 0 Å². The van der Waals surface area contributed by atoms with Crippen molar-refractivity contribution in [2.24, 2.45) is 0 Å². The Bertz CT molecular complexity index is 4430. The second-order valence-electron chi connectivity index (χ2n) is 21.9. The van der Waals surface area contributed by atoms with Crippen molar-refractivity contribution < 1.29 is 43.4 Å². The second kappa shape index (κ2) is 30.3. The molecule has 5 aliphatic rings. The minimum atomic E-state index is -1.16. The summed E-state index contributed by atoms with van der Waals surface area (Å²) in [6, 6.07) is 85.8. The van der Waals surface area contributed by atoms with E-state index in [1.165, 1.54) is 77.8 Å². The van der Waals surface area contributed by atoms with Crippen molar-refractivity contribution in [3.63, 3.8) is 0 Å². The summed E-state index contributed by atoms with van der Waals surface area (Å²) in [4.78, 5) is 20.9. The maximum Gasteiger partial charge on any atom is 1.00 e. The van der Waals surface area contributed by atoms with Crippen molar-refractivity contribution in [1.82, 2.24) is 0 Å². The van der Waals surface area contributed by atoms with E-state index in [0.29, 0.717) is 0 Å². The minimum absolute atomic E-state index is 0. The number of carboxylic acids is 1. The van der Waals surface area contributed by atoms with Crippen LogP contribution < -0.4 is 18.9 Å². The molecule has 12 aromatic carbocycles. The molecule has 0 unspecified atom stereocenters. The summed E-state index contributed by atoms with van der Waals surface area (Å²) in [5.41, 5.74) is 16.0. The van der Waals surface area contributed by atoms with Gasteiger partial charge in [-0.1, -0.05) is 273 Å². The first kappa shape index (κ1) is 67.9. The molecule has 5 nitrogen and oxygen atoms in total. The molecule has 0 bridgehead atoms. The molecule has 0 saturated carbocycles. The number of carbonyl (C=O) groups is 2. The summed E-state index contributed by atoms with van der Waals surface area (Å²) in [7, 11) is 0. The van der Waals surface area contributed by atoms with Gasteiger partial charge in [-0.2, -0.15) is 6.42 Å². The van der Waals surface area contributed by atoms with E-state index in [2.05, 4.69) is 230 Å². The Morgan fingerprint density at radius 3 is 1.29 bits per heavy atom. The van der Waals surface area contributed by atoms with Crippen LogP contribution in [-0.4, -0.2) is 35.2 Å². The first-order chi connectivity index (χ1) is 42.8. The van der Waals surface area contributed by atoms with Crippen LogP contribution in [0.3, 0.4) is 0 Å². The molecule has 1 spiro atoms. The fraction of sp³-hybridized carbons (Fsp3) is 0.127. The number of aliphatic hydroxyl groups is 1. The van der Waals surface area contributed by atoms with E-state index >= 15 is 0 Å². The third-order valence-electron chi connectivity index (χ3n) is 16.4. The molecular weight excluding hydrogens is 1440 g/mol. The monoisotopic (exact) mass is 1500 g/mol. The van der Waals surface area contributed by atoms with E-state index in [4.69, 9.17) is 14.6 Å². The van der Waals surface area contributed by atoms with Crippen LogP contribution in [0, 0.1) is 10.5 Å². The predicted octanol–water partition coefficient (Wildman–Crippen LogP) is 19.2. The fourth-order valence-corrected chi connectivity index (χ4v) is 15.4. The molecule has 0 radical (unpaired) electrons. The SMILES string of the molecule is Brc1cc(I)c2ccccc2c1.Brc1cc2c3c(cccc3c1)C21c2ccccc2-c2ccccc21.C1CCOC1.CC(=O)O.Cl.O=C1c2ccccc2-c2ccccc21.OC1(c2cc(Br)cc3ccccc23)c2ccccc2-c2ccccc21.[CH2-]CCC.[Li+]. The molecule has 0 aromatic heterocycles. The number of carboxylic acid groups (broad SMARTS) is 1. The zero-order valence-corrected chi connectivity index (χ0v) is 57.9. The fourth-order valence-electron chi connectivity index (χ4n) is 12.7. The Morgan fingerprint density at radius 1 is 0.478 bits per heavy atom. The number of fused-ring (bicyclic) bond motifs is 15. The molecule has 1 heterocycles. The number of hydrogen-bond donors (Lipinski definition) is 2. The summed E-state index contributed by atoms with van der Waals surface area (Å²) in [6.07, 6.45) is 4.83. The zero-order valence-electron chi connectivity index (χ0n) is 50.2. The van der Waals surface area contributed by atoms with Crippen LogP contribution in [-0.2, 0) is 20.5 Å². The van der Waals surface area contributed by atoms with Crippen LogP contribution in [0.15, 0.2) is 262 Å². The van der Waals surface area contributed by atoms with Gasteiger partial charge in [0.25, 0.3) is 5.97 Å². The van der Waals surface area contributed by atoms with Crippen molar-refractivity contribution in [3.8, 4) is 33.4 Å². The number of aliphatic carboxylic acids is 1. The largest absolute Gasteiger partial charge is 1.00 e. The van der Waals surface area contributed by atoms with E-state index in [9.17, 15) is 9.90 Å². The molecule has 11 heteroatoms. The predicted molar refractivity (Wildman–Crippen MR) is 389 cm³/mol. The summed E-state index contributed by atoms with van der Waals surface area (Å²) in [5, 5.41) is 27.0. The van der Waals surface area contributed by atoms with E-state index in [1.807, 2.05) is 103 Å². The van der Waals surface area contributed by atoms with Gasteiger partial charge in [0.2, 0.25) is 0 Å². The molecular formula is C79H64Br3ClILiO5. The van der Waals surface area contributed by atoms with Gasteiger partial charge in [0.1, 0.15) is 5.60 Å². The van der Waals surface area contributed by atoms with E-state index in [-0.39, 0.29) is 42.5 Å². The van der Waals surface area contributed by atoms with Crippen molar-refractivity contribution in [2.45, 2.75) is 50.5 Å². The minimum Gasteiger partial charge on any atom is -0.481 e. The Hall–Kier alpha value is -6.46. The van der Waals surface area contributed by atoms with Gasteiger partial charge in [-0.25, -0.2) is 0 Å². The molecule has 1 aliphatic heterocycles. The molecule has 0 amide bonds. The van der Waals surface area contributed by atoms with Crippen LogP contribution in [0.2, 0.25) is 0 Å². The van der Waals surface area contributed by atoms with Crippen molar-refractivity contribution in [3.05, 3.63) is 323 Å². The number of benzene rings is 12. The Labute approximate surface area is 584 Å². The Balaban J connectivity index is 0.000000136. The maximum atomic E-state index is 12.1. The first-order valence-electron chi connectivity index (χ1n) is 29.5. The number of unbranched alkanes of at least 4 members (excludes halogenated alkanes) is 1. The Kier molecular flexibility index (Phi) is 22.9. The van der Waals surface area contributed by atoms with Gasteiger partial charge in [0.05, 0.1) is 5.41 Å². The molecule has 12 aromatic rings. The van der Waals surface area contributed by atoms with Crippen molar-refractivity contribution in [1.29, 1.82) is 0 Å². The van der Waals surface area contributed by atoms with E-state index in [0.717, 1.165) is 101 Å². The van der Waals surface area contributed by atoms with Gasteiger partial charge in [0, 0.05) is 64.9 Å². The number of rotatable bonds is 2. The van der Waals surface area contributed by atoms with Crippen LogP contribution >= 0.6 is 82.8 Å². The van der Waals surface area contributed by atoms with Gasteiger partial charge in [-0.3, -0.25) is 9.59 Å². The molecule has 90 heavy (non-hydrogen) atoms. The second-order valence-corrected chi connectivity index (χ2v) is 25.8. The summed E-state index contributed by atoms with van der Waals surface area (Å²) >= 11 is 13.2. The average molecular weight is 1500 g/mol. The molecule has 0 atom stereocenters. The number of ketones is 1. The average Bonchev–Trinajstić information content (AvgIpc) is 1.47. The van der Waals surface area contributed by atoms with Crippen LogP contribution in [0.5, 0.6) is 0 Å². The number of halogens is 5. The van der Waals surface area contributed by atoms with Gasteiger partial charge in [-0.05, 0) is 160 Å². The molecule has 446 valence electrons. The molecule has 1 saturated heterocycles. The smallest absolute Gasteiger partial charge is 0.481 e. The number of carbonyl (C=O) groups excluding carboxylic acids is 1. The summed E-state index contributed by atoms with van der Waals surface area (Å²) in [5.74, 6) is -0.684. The van der Waals surface area contributed by atoms with Gasteiger partial charge >= 0.3 is 18.9 Å². The van der Waals surface area contributed by atoms with Crippen LogP contribution in [0.1, 0.15) is 94.4 Å². The topological polar surface area (TPSA) is 83.8 Å². The summed E-state index contributed by atoms with van der Waals surface area (Å²) < 4.78 is 9.50. The first-order valence-corrected chi connectivity index (χ1v) is 32.9. The molecule has 4 aliphatic carbocycles. The normalized spacial score (nSPS) is 13.3. The van der Waals surface area contributed by atoms with Gasteiger partial charge in [-0.15, -0.1) is 12.4 Å². The van der Waals surface area contributed by atoms with Crippen molar-refractivity contribution in [2.75, 3.05) is 13.2 Å². The maximum absolute atomic E-state index is 12.1. The standard InChI is InChI=1S/C23H15BrO.C23H13Br.C13H8O.C10H6BrI.C4H8O.C4H9.C2H4O2.ClH.Li/c24-16-13-15-7-1-2-8-17(15)22(14-16)23(25)20-11-5-3-9-18(20)19-10-4-6-12-21(19)23;24-15-12-14-6-5-11-20-22(14)21(13-15)23(20)18-9-3-1-7-16(18)17-8-2-4-10-19(17)23;14-13-11-7-3-1-5-9(11)10-6-2-4-8-12(10)13;11-8-5-7-3-1-2-4-9(7)10(12)6-8;1-2-4-5-3-1;1-3-4-2;1-2(3)4;;/h1-14,25H;1-13H;1-8H;1-6H;1-4H2;1,3-4H2,2H3;1H3,(H,3,4);1H;/q;;;;;-1;;;+1. The van der Waals surface area contributed by atoms with Crippen LogP contribution in [0.25, 0.3) is 65.7 Å². The van der Waals surface area contributed by atoms with E-state index < -0.39 is 11.6 Å².